The fraction of sp³-hybridized carbons (Fsp3) is 0.256. The topological polar surface area (TPSA) is 69.9 Å². The summed E-state index contributed by atoms with van der Waals surface area (Å²) in [4.78, 5) is 33.4. The van der Waals surface area contributed by atoms with Gasteiger partial charge in [0, 0.05) is 11.1 Å². The molecule has 0 bridgehead atoms. The molecule has 0 saturated carbocycles. The van der Waals surface area contributed by atoms with Crippen LogP contribution in [0.15, 0.2) is 106 Å². The molecule has 0 aliphatic carbocycles. The van der Waals surface area contributed by atoms with Gasteiger partial charge in [0.15, 0.2) is 4.80 Å². The molecular weight excluding hydrogens is 612 g/mol. The molecule has 0 radical (unpaired) electrons. The highest BCUT2D eigenvalue weighted by molar-refractivity contribution is 7.07. The van der Waals surface area contributed by atoms with Gasteiger partial charge in [-0.05, 0) is 59.4 Å². The minimum absolute atomic E-state index is 0.0305. The molecule has 4 aromatic carbocycles. The van der Waals surface area contributed by atoms with E-state index < -0.39 is 12.0 Å². The number of esters is 1. The molecule has 240 valence electrons. The van der Waals surface area contributed by atoms with Crippen LogP contribution in [0.4, 0.5) is 4.39 Å². The highest BCUT2D eigenvalue weighted by Crippen LogP contribution is 2.34. The third-order valence-electron chi connectivity index (χ3n) is 8.36. The number of nitrogens with zero attached hydrogens (tertiary/aromatic N) is 2. The Hall–Kier alpha value is -4.82. The fourth-order valence-electron chi connectivity index (χ4n) is 5.95. The van der Waals surface area contributed by atoms with E-state index in [0.717, 1.165) is 28.3 Å². The van der Waals surface area contributed by atoms with Gasteiger partial charge in [0.2, 0.25) is 0 Å². The number of halogens is 1. The number of aromatic nitrogens is 1. The molecule has 0 spiro atoms. The first kappa shape index (κ1) is 32.1. The van der Waals surface area contributed by atoms with E-state index >= 15 is 0 Å². The Morgan fingerprint density at radius 2 is 1.74 bits per heavy atom. The molecule has 2 heterocycles. The molecule has 0 unspecified atom stereocenters. The molecule has 0 fully saturated rings. The van der Waals surface area contributed by atoms with Crippen LogP contribution in [0.25, 0.3) is 16.8 Å². The second-order valence-corrected chi connectivity index (χ2v) is 12.8. The first-order valence-electron chi connectivity index (χ1n) is 16.0. The minimum atomic E-state index is -0.695. The number of carbonyl (C=O) groups excluding carboxylic acids is 1. The van der Waals surface area contributed by atoms with E-state index in [1.54, 1.807) is 29.7 Å². The van der Waals surface area contributed by atoms with Gasteiger partial charge in [0.05, 0.1) is 28.5 Å². The van der Waals surface area contributed by atoms with E-state index in [1.807, 2.05) is 73.7 Å². The van der Waals surface area contributed by atoms with Crippen LogP contribution in [0.5, 0.6) is 5.75 Å². The summed E-state index contributed by atoms with van der Waals surface area (Å²) in [7, 11) is 0. The first-order chi connectivity index (χ1) is 22.8. The van der Waals surface area contributed by atoms with Crippen molar-refractivity contribution in [2.24, 2.45) is 4.99 Å². The average Bonchev–Trinajstić information content (AvgIpc) is 3.38. The van der Waals surface area contributed by atoms with Crippen LogP contribution in [-0.2, 0) is 16.1 Å². The van der Waals surface area contributed by atoms with Gasteiger partial charge in [-0.2, -0.15) is 0 Å². The van der Waals surface area contributed by atoms with Gasteiger partial charge < -0.3 is 9.47 Å². The molecule has 1 atom stereocenters. The Balaban J connectivity index is 1.55. The summed E-state index contributed by atoms with van der Waals surface area (Å²) < 4.78 is 28.3. The van der Waals surface area contributed by atoms with Crippen molar-refractivity contribution in [3.8, 4) is 5.75 Å². The normalized spacial score (nSPS) is 14.8. The summed E-state index contributed by atoms with van der Waals surface area (Å²) in [6.45, 7) is 8.31. The van der Waals surface area contributed by atoms with Crippen molar-refractivity contribution in [1.29, 1.82) is 0 Å². The van der Waals surface area contributed by atoms with Crippen molar-refractivity contribution >= 4 is 34.2 Å². The van der Waals surface area contributed by atoms with Gasteiger partial charge in [0.1, 0.15) is 18.2 Å². The standard InChI is InChI=1S/C39H37FN2O4S/c1-5-11-32-35(38(44)45-6-2)36(27-18-16-25(17-19-27)24(3)4)42-37(43)34(47-39(42)41-32)22-30-29-14-9-7-12-26(29)20-21-33(30)46-23-28-13-8-10-15-31(28)40/h7-10,12-22,24,36H,5-6,11,23H2,1-4H3/b34-22-/t36-/m1/s1. The summed E-state index contributed by atoms with van der Waals surface area (Å²) in [5.41, 5.74) is 3.88. The van der Waals surface area contributed by atoms with Crippen molar-refractivity contribution < 1.29 is 18.7 Å². The van der Waals surface area contributed by atoms with Crippen LogP contribution < -0.4 is 19.6 Å². The molecular formula is C39H37FN2O4S. The quantitative estimate of drug-likeness (QED) is 0.147. The predicted molar refractivity (Wildman–Crippen MR) is 185 cm³/mol. The van der Waals surface area contributed by atoms with E-state index in [2.05, 4.69) is 13.8 Å². The lowest BCUT2D eigenvalue weighted by atomic mass is 9.92. The van der Waals surface area contributed by atoms with E-state index in [1.165, 1.54) is 17.4 Å². The number of hydrogen-bond acceptors (Lipinski definition) is 6. The van der Waals surface area contributed by atoms with Gasteiger partial charge in [-0.1, -0.05) is 111 Å². The van der Waals surface area contributed by atoms with E-state index in [-0.39, 0.29) is 24.6 Å². The zero-order chi connectivity index (χ0) is 33.1. The molecule has 8 heteroatoms. The molecule has 6 rings (SSSR count). The maximum atomic E-state index is 14.5. The molecule has 0 N–H and O–H groups in total. The van der Waals surface area contributed by atoms with Crippen LogP contribution in [0.1, 0.15) is 74.8 Å². The van der Waals surface area contributed by atoms with Crippen molar-refractivity contribution in [1.82, 2.24) is 4.57 Å². The van der Waals surface area contributed by atoms with Crippen molar-refractivity contribution in [3.63, 3.8) is 0 Å². The third-order valence-corrected chi connectivity index (χ3v) is 9.34. The van der Waals surface area contributed by atoms with Crippen molar-refractivity contribution in [3.05, 3.63) is 144 Å². The maximum absolute atomic E-state index is 14.5. The largest absolute Gasteiger partial charge is 0.488 e. The average molecular weight is 649 g/mol. The summed E-state index contributed by atoms with van der Waals surface area (Å²) >= 11 is 1.28. The number of ether oxygens (including phenoxy) is 2. The zero-order valence-corrected chi connectivity index (χ0v) is 27.8. The minimum Gasteiger partial charge on any atom is -0.488 e. The fourth-order valence-corrected chi connectivity index (χ4v) is 6.95. The van der Waals surface area contributed by atoms with Crippen LogP contribution in [0.2, 0.25) is 0 Å². The summed E-state index contributed by atoms with van der Waals surface area (Å²) in [5.74, 6) is 0.0458. The molecule has 47 heavy (non-hydrogen) atoms. The number of hydrogen-bond donors (Lipinski definition) is 0. The van der Waals surface area contributed by atoms with Crippen LogP contribution in [-0.4, -0.2) is 17.1 Å². The second kappa shape index (κ2) is 13.9. The maximum Gasteiger partial charge on any atom is 0.338 e. The zero-order valence-electron chi connectivity index (χ0n) is 27.0. The first-order valence-corrected chi connectivity index (χ1v) is 16.8. The SMILES string of the molecule is CCCC1=C(C(=O)OCC)[C@@H](c2ccc(C(C)C)cc2)n2c(s/c(=C\c3c(OCc4ccccc4F)ccc4ccccc34)c2=O)=N1. The summed E-state index contributed by atoms with van der Waals surface area (Å²) in [6, 6.07) is 25.6. The highest BCUT2D eigenvalue weighted by Gasteiger charge is 2.34. The smallest absolute Gasteiger partial charge is 0.338 e. The highest BCUT2D eigenvalue weighted by atomic mass is 32.1. The van der Waals surface area contributed by atoms with E-state index in [0.29, 0.717) is 49.8 Å². The monoisotopic (exact) mass is 648 g/mol. The Bertz CT molecular complexity index is 2160. The second-order valence-electron chi connectivity index (χ2n) is 11.8. The Morgan fingerprint density at radius 1 is 1.00 bits per heavy atom. The lowest BCUT2D eigenvalue weighted by molar-refractivity contribution is -0.139. The predicted octanol–water partition coefficient (Wildman–Crippen LogP) is 7.57. The van der Waals surface area contributed by atoms with Crippen molar-refractivity contribution in [2.45, 2.75) is 59.1 Å². The molecule has 1 aliphatic rings. The van der Waals surface area contributed by atoms with Crippen LogP contribution in [0, 0.1) is 5.82 Å². The van der Waals surface area contributed by atoms with Gasteiger partial charge in [0.25, 0.3) is 5.56 Å². The number of fused-ring (bicyclic) bond motifs is 2. The van der Waals surface area contributed by atoms with Gasteiger partial charge >= 0.3 is 5.97 Å². The van der Waals surface area contributed by atoms with Crippen LogP contribution >= 0.6 is 11.3 Å². The van der Waals surface area contributed by atoms with Crippen molar-refractivity contribution in [2.75, 3.05) is 6.61 Å². The Kier molecular flexibility index (Phi) is 9.50. The summed E-state index contributed by atoms with van der Waals surface area (Å²) in [5, 5.41) is 1.87. The summed E-state index contributed by atoms with van der Waals surface area (Å²) in [6.07, 6.45) is 3.17. The molecule has 5 aromatic rings. The van der Waals surface area contributed by atoms with Gasteiger partial charge in [-0.15, -0.1) is 0 Å². The Labute approximate surface area is 277 Å². The number of carbonyl (C=O) groups is 1. The number of allylic oxidation sites excluding steroid dienone is 1. The van der Waals surface area contributed by atoms with Gasteiger partial charge in [-0.3, -0.25) is 9.36 Å². The Morgan fingerprint density at radius 3 is 2.47 bits per heavy atom. The van der Waals surface area contributed by atoms with E-state index in [9.17, 15) is 14.0 Å². The number of thiazole rings is 1. The lowest BCUT2D eigenvalue weighted by Crippen LogP contribution is -2.40. The third kappa shape index (κ3) is 6.43. The number of rotatable bonds is 10. The number of benzene rings is 4. The molecule has 1 aromatic heterocycles. The molecule has 6 nitrogen and oxygen atoms in total. The lowest BCUT2D eigenvalue weighted by Gasteiger charge is -2.26. The molecule has 0 amide bonds. The van der Waals surface area contributed by atoms with Gasteiger partial charge in [-0.25, -0.2) is 14.2 Å². The molecule has 0 saturated heterocycles. The van der Waals surface area contributed by atoms with Crippen LogP contribution in [0.3, 0.4) is 0 Å². The van der Waals surface area contributed by atoms with E-state index in [4.69, 9.17) is 14.5 Å². The molecule has 1 aliphatic heterocycles.